The number of hydrogen-bond acceptors (Lipinski definition) is 6. The maximum Gasteiger partial charge on any atom is 0.161 e. The van der Waals surface area contributed by atoms with Crippen LogP contribution in [0, 0.1) is 5.92 Å². The molecule has 2 aliphatic heterocycles. The number of hydrogen-bond donors (Lipinski definition) is 0. The van der Waals surface area contributed by atoms with Gasteiger partial charge in [0.05, 0.1) is 25.9 Å². The molecule has 0 aliphatic carbocycles. The molecule has 136 valence electrons. The number of thioether (sulfide) groups is 1. The molecule has 0 radical (unpaired) electrons. The highest BCUT2D eigenvalue weighted by atomic mass is 32.2. The van der Waals surface area contributed by atoms with E-state index in [0.717, 1.165) is 16.5 Å². The van der Waals surface area contributed by atoms with Gasteiger partial charge in [-0.05, 0) is 17.7 Å². The molecule has 1 saturated heterocycles. The van der Waals surface area contributed by atoms with Crippen LogP contribution in [0.4, 0.5) is 0 Å². The smallest absolute Gasteiger partial charge is 0.161 e. The Kier molecular flexibility index (Phi) is 5.71. The van der Waals surface area contributed by atoms with Crippen molar-refractivity contribution in [3.05, 3.63) is 42.5 Å². The molecule has 0 unspecified atom stereocenters. The van der Waals surface area contributed by atoms with Crippen molar-refractivity contribution in [2.24, 2.45) is 10.9 Å². The molecule has 25 heavy (non-hydrogen) atoms. The third-order valence-corrected chi connectivity index (χ3v) is 5.94. The second-order valence-corrected chi connectivity index (χ2v) is 7.67. The summed E-state index contributed by atoms with van der Waals surface area (Å²) >= 11 is 1.66. The molecule has 0 amide bonds. The Morgan fingerprint density at radius 1 is 1.32 bits per heavy atom. The Morgan fingerprint density at radius 3 is 2.64 bits per heavy atom. The zero-order valence-electron chi connectivity index (χ0n) is 15.2. The summed E-state index contributed by atoms with van der Waals surface area (Å²) in [6.45, 7) is 6.62. The third kappa shape index (κ3) is 3.86. The molecular formula is C19H26N2O3S. The van der Waals surface area contributed by atoms with Gasteiger partial charge in [0.1, 0.15) is 17.2 Å². The number of methoxy groups -OCH3 is 1. The number of ether oxygens (including phenoxy) is 3. The van der Waals surface area contributed by atoms with Crippen molar-refractivity contribution >= 4 is 16.9 Å². The molecule has 5 atom stereocenters. The Balaban J connectivity index is 1.74. The third-order valence-electron chi connectivity index (χ3n) is 4.64. The summed E-state index contributed by atoms with van der Waals surface area (Å²) in [6, 6.07) is 7.98. The van der Waals surface area contributed by atoms with E-state index in [-0.39, 0.29) is 29.6 Å². The maximum atomic E-state index is 6.32. The summed E-state index contributed by atoms with van der Waals surface area (Å²) in [6.07, 6.45) is 1.85. The Bertz CT molecular complexity index is 632. The van der Waals surface area contributed by atoms with E-state index in [9.17, 15) is 0 Å². The lowest BCUT2D eigenvalue weighted by Gasteiger charge is -2.40. The molecule has 1 aromatic carbocycles. The quantitative estimate of drug-likeness (QED) is 0.753. The first-order valence-electron chi connectivity index (χ1n) is 8.48. The van der Waals surface area contributed by atoms with E-state index in [2.05, 4.69) is 13.5 Å². The summed E-state index contributed by atoms with van der Waals surface area (Å²) in [5.41, 5.74) is 1.10. The Labute approximate surface area is 154 Å². The van der Waals surface area contributed by atoms with Gasteiger partial charge in [0, 0.05) is 20.0 Å². The first-order chi connectivity index (χ1) is 12.0. The van der Waals surface area contributed by atoms with Crippen LogP contribution in [0.15, 0.2) is 41.9 Å². The van der Waals surface area contributed by atoms with E-state index in [1.165, 1.54) is 0 Å². The number of fused-ring (bicyclic) bond motifs is 1. The van der Waals surface area contributed by atoms with Crippen LogP contribution in [-0.4, -0.2) is 55.0 Å². The average Bonchev–Trinajstić information content (AvgIpc) is 3.05. The standard InChI is InChI=1S/C19H26N2O3S/c1-6-15-12(2)17(16-18(24-15)25-19(20-16)21(3)4)23-11-13-7-9-14(22-5)10-8-13/h6-10,12,15-18H,1,11H2,2-5H3/t12-,15-,16-,17+,18-/m1/s1. The number of aliphatic imine (C=N–C) groups is 1. The van der Waals surface area contributed by atoms with Crippen LogP contribution < -0.4 is 4.74 Å². The molecule has 2 heterocycles. The normalized spacial score (nSPS) is 31.2. The fourth-order valence-corrected chi connectivity index (χ4v) is 4.30. The average molecular weight is 362 g/mol. The number of rotatable bonds is 5. The molecular weight excluding hydrogens is 336 g/mol. The molecule has 0 N–H and O–H groups in total. The largest absolute Gasteiger partial charge is 0.497 e. The molecule has 1 aromatic rings. The molecule has 5 nitrogen and oxygen atoms in total. The van der Waals surface area contributed by atoms with Crippen LogP contribution in [0.5, 0.6) is 5.75 Å². The van der Waals surface area contributed by atoms with Gasteiger partial charge < -0.3 is 19.1 Å². The molecule has 0 spiro atoms. The Hall–Kier alpha value is -1.50. The molecule has 1 fully saturated rings. The van der Waals surface area contributed by atoms with Gasteiger partial charge in [-0.3, -0.25) is 4.99 Å². The first kappa shape index (κ1) is 18.3. The van der Waals surface area contributed by atoms with Gasteiger partial charge in [0.15, 0.2) is 5.17 Å². The summed E-state index contributed by atoms with van der Waals surface area (Å²) in [5.74, 6) is 1.05. The zero-order chi connectivity index (χ0) is 18.0. The van der Waals surface area contributed by atoms with Crippen molar-refractivity contribution in [3.63, 3.8) is 0 Å². The molecule has 0 bridgehead atoms. The second kappa shape index (κ2) is 7.81. The molecule has 0 aromatic heterocycles. The van der Waals surface area contributed by atoms with E-state index in [1.54, 1.807) is 18.9 Å². The minimum absolute atomic E-state index is 0.00574. The van der Waals surface area contributed by atoms with Crippen LogP contribution in [0.3, 0.4) is 0 Å². The molecule has 0 saturated carbocycles. The van der Waals surface area contributed by atoms with Crippen LogP contribution in [-0.2, 0) is 16.1 Å². The lowest BCUT2D eigenvalue weighted by atomic mass is 9.90. The summed E-state index contributed by atoms with van der Waals surface area (Å²) in [5, 5.41) is 0.991. The number of benzene rings is 1. The lowest BCUT2D eigenvalue weighted by molar-refractivity contribution is -0.121. The SMILES string of the molecule is C=C[C@H]1O[C@@H]2SC(N(C)C)=N[C@@H]2[C@@H](OCc2ccc(OC)cc2)[C@@H]1C. The van der Waals surface area contributed by atoms with Crippen molar-refractivity contribution < 1.29 is 14.2 Å². The monoisotopic (exact) mass is 362 g/mol. The van der Waals surface area contributed by atoms with Crippen LogP contribution >= 0.6 is 11.8 Å². The second-order valence-electron chi connectivity index (χ2n) is 6.60. The molecule has 2 aliphatic rings. The van der Waals surface area contributed by atoms with Crippen LogP contribution in [0.25, 0.3) is 0 Å². The predicted octanol–water partition coefficient (Wildman–Crippen LogP) is 3.16. The molecule has 3 rings (SSSR count). The Morgan fingerprint density at radius 2 is 2.04 bits per heavy atom. The van der Waals surface area contributed by atoms with Crippen LogP contribution in [0.2, 0.25) is 0 Å². The summed E-state index contributed by atoms with van der Waals surface area (Å²) in [7, 11) is 5.68. The lowest BCUT2D eigenvalue weighted by Crippen LogP contribution is -2.50. The highest BCUT2D eigenvalue weighted by Gasteiger charge is 2.47. The van der Waals surface area contributed by atoms with Gasteiger partial charge in [-0.15, -0.1) is 6.58 Å². The highest BCUT2D eigenvalue weighted by molar-refractivity contribution is 8.14. The van der Waals surface area contributed by atoms with E-state index in [1.807, 2.05) is 49.3 Å². The first-order valence-corrected chi connectivity index (χ1v) is 9.35. The maximum absolute atomic E-state index is 6.32. The van der Waals surface area contributed by atoms with Crippen molar-refractivity contribution in [1.29, 1.82) is 0 Å². The van der Waals surface area contributed by atoms with E-state index >= 15 is 0 Å². The van der Waals surface area contributed by atoms with Gasteiger partial charge in [-0.2, -0.15) is 0 Å². The number of nitrogens with zero attached hydrogens (tertiary/aromatic N) is 2. The van der Waals surface area contributed by atoms with Gasteiger partial charge >= 0.3 is 0 Å². The van der Waals surface area contributed by atoms with Crippen molar-refractivity contribution in [1.82, 2.24) is 4.90 Å². The minimum atomic E-state index is -0.0219. The fraction of sp³-hybridized carbons (Fsp3) is 0.526. The van der Waals surface area contributed by atoms with E-state index in [4.69, 9.17) is 19.2 Å². The topological polar surface area (TPSA) is 43.3 Å². The van der Waals surface area contributed by atoms with E-state index in [0.29, 0.717) is 6.61 Å². The molecule has 6 heteroatoms. The minimum Gasteiger partial charge on any atom is -0.497 e. The highest BCUT2D eigenvalue weighted by Crippen LogP contribution is 2.40. The summed E-state index contributed by atoms with van der Waals surface area (Å²) < 4.78 is 17.7. The van der Waals surface area contributed by atoms with Crippen molar-refractivity contribution in [2.45, 2.75) is 37.2 Å². The van der Waals surface area contributed by atoms with Gasteiger partial charge in [0.25, 0.3) is 0 Å². The fourth-order valence-electron chi connectivity index (χ4n) is 3.16. The number of amidine groups is 1. The van der Waals surface area contributed by atoms with Gasteiger partial charge in [-0.1, -0.05) is 36.9 Å². The van der Waals surface area contributed by atoms with Crippen molar-refractivity contribution in [2.75, 3.05) is 21.2 Å². The van der Waals surface area contributed by atoms with Gasteiger partial charge in [-0.25, -0.2) is 0 Å². The predicted molar refractivity (Wildman–Crippen MR) is 102 cm³/mol. The van der Waals surface area contributed by atoms with E-state index < -0.39 is 0 Å². The van der Waals surface area contributed by atoms with Crippen LogP contribution in [0.1, 0.15) is 12.5 Å². The van der Waals surface area contributed by atoms with Gasteiger partial charge in [0.2, 0.25) is 0 Å². The van der Waals surface area contributed by atoms with Crippen molar-refractivity contribution in [3.8, 4) is 5.75 Å². The summed E-state index contributed by atoms with van der Waals surface area (Å²) in [4.78, 5) is 6.88. The zero-order valence-corrected chi connectivity index (χ0v) is 16.0.